The first-order chi connectivity index (χ1) is 15.7. The number of phenols is 1. The summed E-state index contributed by atoms with van der Waals surface area (Å²) in [6, 6.07) is 33.9. The lowest BCUT2D eigenvalue weighted by molar-refractivity contribution is 0.478. The second-order valence-electron chi connectivity index (χ2n) is 7.81. The minimum Gasteiger partial charge on any atom is -0.507 e. The van der Waals surface area contributed by atoms with Crippen LogP contribution in [0.15, 0.2) is 103 Å². The number of benzene rings is 4. The average Bonchev–Trinajstić information content (AvgIpc) is 3.28. The van der Waals surface area contributed by atoms with Crippen LogP contribution in [0.1, 0.15) is 0 Å². The number of phenolic OH excluding ortho intramolecular Hbond substituents is 1. The molecule has 4 aromatic carbocycles. The average molecular weight is 413 g/mol. The number of hydrogen-bond donors (Lipinski definition) is 2. The van der Waals surface area contributed by atoms with E-state index in [0.29, 0.717) is 0 Å². The molecule has 0 radical (unpaired) electrons. The molecule has 0 saturated heterocycles. The van der Waals surface area contributed by atoms with Crippen molar-refractivity contribution in [3.05, 3.63) is 103 Å². The van der Waals surface area contributed by atoms with Gasteiger partial charge in [0.05, 0.1) is 22.4 Å². The first-order valence-electron chi connectivity index (χ1n) is 10.5. The fraction of sp³-hybridized carbons (Fsp3) is 0. The molecule has 0 aliphatic rings. The third kappa shape index (κ3) is 3.19. The van der Waals surface area contributed by atoms with Gasteiger partial charge < -0.3 is 10.1 Å². The number of aromatic hydroxyl groups is 1. The molecule has 0 aliphatic heterocycles. The van der Waals surface area contributed by atoms with Crippen molar-refractivity contribution in [2.24, 2.45) is 0 Å². The molecule has 152 valence electrons. The van der Waals surface area contributed by atoms with Gasteiger partial charge in [-0.2, -0.15) is 0 Å². The molecule has 0 fully saturated rings. The lowest BCUT2D eigenvalue weighted by Gasteiger charge is -2.09. The Bertz CT molecular complexity index is 1570. The number of hydrogen-bond acceptors (Lipinski definition) is 3. The van der Waals surface area contributed by atoms with Crippen molar-refractivity contribution >= 4 is 21.8 Å². The molecule has 0 spiro atoms. The zero-order valence-electron chi connectivity index (χ0n) is 17.2. The van der Waals surface area contributed by atoms with Gasteiger partial charge in [0.1, 0.15) is 11.6 Å². The van der Waals surface area contributed by atoms with Crippen LogP contribution in [0.4, 0.5) is 0 Å². The van der Waals surface area contributed by atoms with Gasteiger partial charge in [0.25, 0.3) is 0 Å². The van der Waals surface area contributed by atoms with Crippen molar-refractivity contribution in [2.75, 3.05) is 0 Å². The fourth-order valence-corrected chi connectivity index (χ4v) is 4.09. The van der Waals surface area contributed by atoms with Gasteiger partial charge >= 0.3 is 0 Å². The highest BCUT2D eigenvalue weighted by molar-refractivity contribution is 5.90. The number of fused-ring (bicyclic) bond motifs is 2. The van der Waals surface area contributed by atoms with Crippen LogP contribution in [0, 0.1) is 0 Å². The number of nitrogens with one attached hydrogen (secondary N) is 1. The number of para-hydroxylation sites is 2. The van der Waals surface area contributed by atoms with E-state index in [4.69, 9.17) is 9.97 Å². The summed E-state index contributed by atoms with van der Waals surface area (Å²) in [5.74, 6) is 1.06. The Hall–Kier alpha value is -4.44. The highest BCUT2D eigenvalue weighted by Crippen LogP contribution is 2.34. The van der Waals surface area contributed by atoms with Crippen LogP contribution in [-0.2, 0) is 0 Å². The van der Waals surface area contributed by atoms with Gasteiger partial charge in [-0.05, 0) is 53.2 Å². The van der Waals surface area contributed by atoms with Crippen molar-refractivity contribution < 1.29 is 5.11 Å². The number of aromatic amines is 1. The zero-order valence-corrected chi connectivity index (χ0v) is 17.2. The van der Waals surface area contributed by atoms with Crippen LogP contribution in [0.3, 0.4) is 0 Å². The number of pyridine rings is 1. The lowest BCUT2D eigenvalue weighted by Crippen LogP contribution is -1.90. The van der Waals surface area contributed by atoms with Crippen LogP contribution >= 0.6 is 0 Å². The molecular weight excluding hydrogens is 394 g/mol. The molecule has 4 nitrogen and oxygen atoms in total. The molecule has 6 aromatic rings. The molecule has 2 N–H and O–H groups in total. The monoisotopic (exact) mass is 413 g/mol. The summed E-state index contributed by atoms with van der Waals surface area (Å²) in [7, 11) is 0. The Morgan fingerprint density at radius 1 is 0.594 bits per heavy atom. The Labute approximate surface area is 184 Å². The van der Waals surface area contributed by atoms with Gasteiger partial charge in [0.15, 0.2) is 0 Å². The van der Waals surface area contributed by atoms with Crippen molar-refractivity contribution in [1.82, 2.24) is 15.0 Å². The van der Waals surface area contributed by atoms with Gasteiger partial charge in [0.2, 0.25) is 0 Å². The van der Waals surface area contributed by atoms with Gasteiger partial charge in [-0.15, -0.1) is 0 Å². The zero-order chi connectivity index (χ0) is 21.5. The van der Waals surface area contributed by atoms with Crippen LogP contribution < -0.4 is 0 Å². The third-order valence-corrected chi connectivity index (χ3v) is 5.71. The number of imidazole rings is 1. The predicted octanol–water partition coefficient (Wildman–Crippen LogP) is 6.82. The maximum atomic E-state index is 10.6. The van der Waals surface area contributed by atoms with Crippen LogP contribution in [0.5, 0.6) is 5.75 Å². The Morgan fingerprint density at radius 3 is 2.19 bits per heavy atom. The number of aromatic nitrogens is 3. The van der Waals surface area contributed by atoms with E-state index in [1.165, 1.54) is 0 Å². The summed E-state index contributed by atoms with van der Waals surface area (Å²) < 4.78 is 0. The Kier molecular flexibility index (Phi) is 4.22. The maximum absolute atomic E-state index is 10.6. The van der Waals surface area contributed by atoms with E-state index >= 15 is 0 Å². The summed E-state index contributed by atoms with van der Waals surface area (Å²) in [5.41, 5.74) is 6.25. The smallest absolute Gasteiger partial charge is 0.138 e. The second kappa shape index (κ2) is 7.36. The largest absolute Gasteiger partial charge is 0.507 e. The van der Waals surface area contributed by atoms with Crippen molar-refractivity contribution in [2.45, 2.75) is 0 Å². The topological polar surface area (TPSA) is 61.8 Å². The SMILES string of the molecule is Oc1cc2ccccc2cc1-c1cccc(-c2cccc(-c3nc4ccccc4[nH]3)c2)n1. The number of nitrogens with zero attached hydrogens (tertiary/aromatic N) is 2. The summed E-state index contributed by atoms with van der Waals surface area (Å²) >= 11 is 0. The summed E-state index contributed by atoms with van der Waals surface area (Å²) in [6.45, 7) is 0. The molecule has 0 amide bonds. The van der Waals surface area contributed by atoms with E-state index in [2.05, 4.69) is 11.1 Å². The minimum absolute atomic E-state index is 0.226. The first-order valence-corrected chi connectivity index (χ1v) is 10.5. The predicted molar refractivity (Wildman–Crippen MR) is 129 cm³/mol. The Morgan fingerprint density at radius 2 is 1.31 bits per heavy atom. The quantitative estimate of drug-likeness (QED) is 0.335. The standard InChI is InChI=1S/C28H19N3O/c32-27-17-19-8-2-1-7-18(19)16-22(27)24-14-6-13-23(29-24)20-9-5-10-21(15-20)28-30-25-11-3-4-12-26(25)31-28/h1-17,32H,(H,30,31). The normalized spacial score (nSPS) is 11.2. The number of H-pyrrole nitrogens is 1. The van der Waals surface area contributed by atoms with Crippen molar-refractivity contribution in [3.63, 3.8) is 0 Å². The Balaban J connectivity index is 1.42. The first kappa shape index (κ1) is 18.3. The summed E-state index contributed by atoms with van der Waals surface area (Å²) in [5, 5.41) is 12.7. The molecule has 6 rings (SSSR count). The summed E-state index contributed by atoms with van der Waals surface area (Å²) in [6.07, 6.45) is 0. The molecule has 2 aromatic heterocycles. The maximum Gasteiger partial charge on any atom is 0.138 e. The molecule has 0 unspecified atom stereocenters. The van der Waals surface area contributed by atoms with E-state index in [-0.39, 0.29) is 5.75 Å². The van der Waals surface area contributed by atoms with Crippen molar-refractivity contribution in [3.8, 4) is 39.7 Å². The molecule has 2 heterocycles. The van der Waals surface area contributed by atoms with Gasteiger partial charge in [0, 0.05) is 16.7 Å². The lowest BCUT2D eigenvalue weighted by atomic mass is 10.0. The molecule has 4 heteroatoms. The van der Waals surface area contributed by atoms with Crippen LogP contribution in [-0.4, -0.2) is 20.1 Å². The van der Waals surface area contributed by atoms with E-state index in [9.17, 15) is 5.11 Å². The van der Waals surface area contributed by atoms with Crippen LogP contribution in [0.25, 0.3) is 55.7 Å². The minimum atomic E-state index is 0.226. The van der Waals surface area contributed by atoms with Crippen molar-refractivity contribution in [1.29, 1.82) is 0 Å². The molecule has 0 aliphatic carbocycles. The van der Waals surface area contributed by atoms with E-state index in [1.54, 1.807) is 6.07 Å². The van der Waals surface area contributed by atoms with Gasteiger partial charge in [-0.3, -0.25) is 0 Å². The molecule has 32 heavy (non-hydrogen) atoms. The van der Waals surface area contributed by atoms with Gasteiger partial charge in [-0.1, -0.05) is 60.7 Å². The second-order valence-corrected chi connectivity index (χ2v) is 7.81. The molecule has 0 atom stereocenters. The van der Waals surface area contributed by atoms with E-state index in [0.717, 1.165) is 55.7 Å². The molecule has 0 bridgehead atoms. The summed E-state index contributed by atoms with van der Waals surface area (Å²) in [4.78, 5) is 13.0. The van der Waals surface area contributed by atoms with Crippen LogP contribution in [0.2, 0.25) is 0 Å². The van der Waals surface area contributed by atoms with E-state index < -0.39 is 0 Å². The third-order valence-electron chi connectivity index (χ3n) is 5.71. The highest BCUT2D eigenvalue weighted by Gasteiger charge is 2.11. The van der Waals surface area contributed by atoms with E-state index in [1.807, 2.05) is 91.0 Å². The molecule has 0 saturated carbocycles. The fourth-order valence-electron chi connectivity index (χ4n) is 4.09. The highest BCUT2D eigenvalue weighted by atomic mass is 16.3. The van der Waals surface area contributed by atoms with Gasteiger partial charge in [-0.25, -0.2) is 9.97 Å². The molecular formula is C28H19N3O. The number of rotatable bonds is 3.